The van der Waals surface area contributed by atoms with E-state index in [1.54, 1.807) is 0 Å². The molecule has 1 aliphatic carbocycles. The summed E-state index contributed by atoms with van der Waals surface area (Å²) in [4.78, 5) is 0. The minimum absolute atomic E-state index is 0.0923. The van der Waals surface area contributed by atoms with Gasteiger partial charge in [-0.2, -0.15) is 5.10 Å². The van der Waals surface area contributed by atoms with E-state index in [-0.39, 0.29) is 6.10 Å². The van der Waals surface area contributed by atoms with E-state index in [2.05, 4.69) is 29.7 Å². The van der Waals surface area contributed by atoms with Crippen LogP contribution in [0.5, 0.6) is 0 Å². The SMILES string of the molecule is CCc1cc(CC2CCCC2O)n(CC)n1. The van der Waals surface area contributed by atoms with Crippen molar-refractivity contribution in [3.8, 4) is 0 Å². The summed E-state index contributed by atoms with van der Waals surface area (Å²) < 4.78 is 2.09. The van der Waals surface area contributed by atoms with Crippen LogP contribution >= 0.6 is 0 Å². The molecule has 1 saturated carbocycles. The highest BCUT2D eigenvalue weighted by molar-refractivity contribution is 5.12. The molecule has 1 aromatic rings. The Labute approximate surface area is 97.5 Å². The highest BCUT2D eigenvalue weighted by Gasteiger charge is 2.26. The first-order chi connectivity index (χ1) is 7.74. The van der Waals surface area contributed by atoms with E-state index in [1.165, 1.54) is 17.8 Å². The van der Waals surface area contributed by atoms with Crippen LogP contribution in [0.2, 0.25) is 0 Å². The van der Waals surface area contributed by atoms with E-state index >= 15 is 0 Å². The Kier molecular flexibility index (Phi) is 3.64. The fourth-order valence-electron chi connectivity index (χ4n) is 2.65. The number of aliphatic hydroxyl groups is 1. The van der Waals surface area contributed by atoms with Crippen molar-refractivity contribution in [1.82, 2.24) is 9.78 Å². The van der Waals surface area contributed by atoms with Crippen molar-refractivity contribution in [3.05, 3.63) is 17.5 Å². The summed E-state index contributed by atoms with van der Waals surface area (Å²) in [6.07, 6.45) is 5.20. The van der Waals surface area contributed by atoms with Crippen LogP contribution in [0.15, 0.2) is 6.07 Å². The van der Waals surface area contributed by atoms with Crippen molar-refractivity contribution in [2.24, 2.45) is 5.92 Å². The van der Waals surface area contributed by atoms with Gasteiger partial charge in [0.1, 0.15) is 0 Å². The average Bonchev–Trinajstić information content (AvgIpc) is 2.86. The van der Waals surface area contributed by atoms with Gasteiger partial charge in [0.2, 0.25) is 0 Å². The number of aromatic nitrogens is 2. The quantitative estimate of drug-likeness (QED) is 0.848. The lowest BCUT2D eigenvalue weighted by Crippen LogP contribution is -2.17. The summed E-state index contributed by atoms with van der Waals surface area (Å²) in [7, 11) is 0. The van der Waals surface area contributed by atoms with Gasteiger partial charge < -0.3 is 5.11 Å². The second-order valence-electron chi connectivity index (χ2n) is 4.76. The molecule has 1 N–H and O–H groups in total. The predicted octanol–water partition coefficient (Wildman–Crippen LogP) is 2.17. The summed E-state index contributed by atoms with van der Waals surface area (Å²) in [5.41, 5.74) is 2.47. The average molecular weight is 222 g/mol. The standard InChI is InChI=1S/C13H22N2O/c1-3-11-9-12(15(4-2)14-11)8-10-6-5-7-13(10)16/h9-10,13,16H,3-8H2,1-2H3. The molecule has 3 nitrogen and oxygen atoms in total. The zero-order chi connectivity index (χ0) is 11.5. The van der Waals surface area contributed by atoms with Gasteiger partial charge in [0, 0.05) is 12.2 Å². The molecule has 90 valence electrons. The Bertz CT molecular complexity index is 346. The maximum Gasteiger partial charge on any atom is 0.0624 e. The molecule has 1 heterocycles. The Hall–Kier alpha value is -0.830. The molecule has 2 unspecified atom stereocenters. The van der Waals surface area contributed by atoms with Gasteiger partial charge in [-0.25, -0.2) is 0 Å². The molecule has 2 atom stereocenters. The van der Waals surface area contributed by atoms with Gasteiger partial charge >= 0.3 is 0 Å². The zero-order valence-electron chi connectivity index (χ0n) is 10.3. The van der Waals surface area contributed by atoms with Gasteiger partial charge in [-0.3, -0.25) is 4.68 Å². The summed E-state index contributed by atoms with van der Waals surface area (Å²) in [5, 5.41) is 14.4. The maximum atomic E-state index is 9.85. The van der Waals surface area contributed by atoms with Gasteiger partial charge in [-0.15, -0.1) is 0 Å². The predicted molar refractivity (Wildman–Crippen MR) is 64.3 cm³/mol. The molecule has 3 heteroatoms. The van der Waals surface area contributed by atoms with Gasteiger partial charge in [-0.05, 0) is 44.6 Å². The number of rotatable bonds is 4. The number of hydrogen-bond acceptors (Lipinski definition) is 2. The summed E-state index contributed by atoms with van der Waals surface area (Å²) in [6, 6.07) is 2.20. The lowest BCUT2D eigenvalue weighted by Gasteiger charge is -2.14. The first-order valence-corrected chi connectivity index (χ1v) is 6.48. The third-order valence-corrected chi connectivity index (χ3v) is 3.67. The van der Waals surface area contributed by atoms with Crippen LogP contribution in [-0.2, 0) is 19.4 Å². The molecule has 0 aromatic carbocycles. The lowest BCUT2D eigenvalue weighted by molar-refractivity contribution is 0.131. The molecule has 0 saturated heterocycles. The number of aryl methyl sites for hydroxylation is 2. The van der Waals surface area contributed by atoms with E-state index in [1.807, 2.05) is 0 Å². The summed E-state index contributed by atoms with van der Waals surface area (Å²) in [5.74, 6) is 0.451. The van der Waals surface area contributed by atoms with Crippen LogP contribution in [-0.4, -0.2) is 21.0 Å². The molecule has 16 heavy (non-hydrogen) atoms. The maximum absolute atomic E-state index is 9.85. The molecule has 0 spiro atoms. The van der Waals surface area contributed by atoms with Crippen LogP contribution in [0.4, 0.5) is 0 Å². The third-order valence-electron chi connectivity index (χ3n) is 3.67. The Balaban J connectivity index is 2.10. The number of aliphatic hydroxyl groups excluding tert-OH is 1. The Morgan fingerprint density at radius 2 is 2.25 bits per heavy atom. The molecule has 1 fully saturated rings. The molecular formula is C13H22N2O. The number of hydrogen-bond donors (Lipinski definition) is 1. The van der Waals surface area contributed by atoms with Gasteiger partial charge in [0.05, 0.1) is 11.8 Å². The van der Waals surface area contributed by atoms with Crippen molar-refractivity contribution in [1.29, 1.82) is 0 Å². The molecule has 0 bridgehead atoms. The number of nitrogens with zero attached hydrogens (tertiary/aromatic N) is 2. The van der Waals surface area contributed by atoms with Gasteiger partial charge in [0.25, 0.3) is 0 Å². The van der Waals surface area contributed by atoms with Gasteiger partial charge in [-0.1, -0.05) is 13.3 Å². The highest BCUT2D eigenvalue weighted by Crippen LogP contribution is 2.28. The van der Waals surface area contributed by atoms with Crippen LogP contribution < -0.4 is 0 Å². The van der Waals surface area contributed by atoms with Crippen molar-refractivity contribution in [2.75, 3.05) is 0 Å². The fraction of sp³-hybridized carbons (Fsp3) is 0.769. The molecular weight excluding hydrogens is 200 g/mol. The third kappa shape index (κ3) is 2.29. The summed E-state index contributed by atoms with van der Waals surface area (Å²) >= 11 is 0. The van der Waals surface area contributed by atoms with E-state index in [0.29, 0.717) is 5.92 Å². The van der Waals surface area contributed by atoms with Crippen molar-refractivity contribution >= 4 is 0 Å². The Morgan fingerprint density at radius 3 is 2.81 bits per heavy atom. The zero-order valence-corrected chi connectivity index (χ0v) is 10.3. The minimum Gasteiger partial charge on any atom is -0.393 e. The molecule has 0 radical (unpaired) electrons. The van der Waals surface area contributed by atoms with E-state index in [9.17, 15) is 5.11 Å². The first-order valence-electron chi connectivity index (χ1n) is 6.48. The van der Waals surface area contributed by atoms with Crippen LogP contribution in [0, 0.1) is 5.92 Å². The van der Waals surface area contributed by atoms with E-state index in [0.717, 1.165) is 32.2 Å². The van der Waals surface area contributed by atoms with Crippen molar-refractivity contribution in [3.63, 3.8) is 0 Å². The van der Waals surface area contributed by atoms with Crippen LogP contribution in [0.1, 0.15) is 44.5 Å². The van der Waals surface area contributed by atoms with Crippen molar-refractivity contribution < 1.29 is 5.11 Å². The molecule has 0 amide bonds. The second kappa shape index (κ2) is 5.00. The Morgan fingerprint density at radius 1 is 1.44 bits per heavy atom. The topological polar surface area (TPSA) is 38.0 Å². The largest absolute Gasteiger partial charge is 0.393 e. The first kappa shape index (κ1) is 11.6. The highest BCUT2D eigenvalue weighted by atomic mass is 16.3. The summed E-state index contributed by atoms with van der Waals surface area (Å²) in [6.45, 7) is 5.19. The second-order valence-corrected chi connectivity index (χ2v) is 4.76. The normalized spacial score (nSPS) is 25.2. The van der Waals surface area contributed by atoms with Crippen molar-refractivity contribution in [2.45, 2.75) is 58.6 Å². The molecule has 0 aliphatic heterocycles. The molecule has 2 rings (SSSR count). The van der Waals surface area contributed by atoms with Gasteiger partial charge in [0.15, 0.2) is 0 Å². The fourth-order valence-corrected chi connectivity index (χ4v) is 2.65. The van der Waals surface area contributed by atoms with Crippen LogP contribution in [0.25, 0.3) is 0 Å². The van der Waals surface area contributed by atoms with Crippen LogP contribution in [0.3, 0.4) is 0 Å². The van der Waals surface area contributed by atoms with E-state index < -0.39 is 0 Å². The smallest absolute Gasteiger partial charge is 0.0624 e. The lowest BCUT2D eigenvalue weighted by atomic mass is 9.99. The molecule has 1 aliphatic rings. The van der Waals surface area contributed by atoms with E-state index in [4.69, 9.17) is 0 Å². The minimum atomic E-state index is -0.0923. The molecule has 1 aromatic heterocycles. The monoisotopic (exact) mass is 222 g/mol.